The smallest absolute Gasteiger partial charge is 0.246 e. The third kappa shape index (κ3) is 3.40. The van der Waals surface area contributed by atoms with E-state index in [9.17, 15) is 4.79 Å². The highest BCUT2D eigenvalue weighted by Gasteiger charge is 2.27. The van der Waals surface area contributed by atoms with E-state index in [-0.39, 0.29) is 11.9 Å². The third-order valence-corrected chi connectivity index (χ3v) is 5.28. The fourth-order valence-electron chi connectivity index (χ4n) is 3.73. The van der Waals surface area contributed by atoms with Crippen LogP contribution < -0.4 is 15.1 Å². The van der Waals surface area contributed by atoms with Gasteiger partial charge < -0.3 is 19.9 Å². The number of carbonyl (C=O) groups is 1. The van der Waals surface area contributed by atoms with Crippen LogP contribution in [0, 0.1) is 0 Å². The third-order valence-electron chi connectivity index (χ3n) is 5.28. The van der Waals surface area contributed by atoms with Crippen molar-refractivity contribution in [3.05, 3.63) is 54.1 Å². The maximum atomic E-state index is 12.7. The number of hydrogen-bond acceptors (Lipinski definition) is 4. The van der Waals surface area contributed by atoms with Crippen LogP contribution in [0.15, 0.2) is 48.5 Å². The largest absolute Gasteiger partial charge is 0.378 e. The van der Waals surface area contributed by atoms with E-state index in [0.29, 0.717) is 0 Å². The van der Waals surface area contributed by atoms with Crippen molar-refractivity contribution in [2.24, 2.45) is 0 Å². The second kappa shape index (κ2) is 7.38. The van der Waals surface area contributed by atoms with E-state index in [0.717, 1.165) is 45.0 Å². The molecule has 0 saturated carbocycles. The molecule has 1 amide bonds. The Kier molecular flexibility index (Phi) is 4.80. The summed E-state index contributed by atoms with van der Waals surface area (Å²) in [6, 6.07) is 16.2. The number of fused-ring (bicyclic) bond motifs is 1. The molecule has 1 fully saturated rings. The van der Waals surface area contributed by atoms with Crippen molar-refractivity contribution in [2.45, 2.75) is 19.4 Å². The van der Waals surface area contributed by atoms with Gasteiger partial charge in [-0.1, -0.05) is 18.2 Å². The van der Waals surface area contributed by atoms with Gasteiger partial charge in [-0.2, -0.15) is 0 Å². The Hall–Kier alpha value is -2.53. The zero-order chi connectivity index (χ0) is 17.9. The topological polar surface area (TPSA) is 44.8 Å². The van der Waals surface area contributed by atoms with Gasteiger partial charge in [0.2, 0.25) is 5.91 Å². The lowest BCUT2D eigenvalue weighted by Gasteiger charge is -2.29. The van der Waals surface area contributed by atoms with Gasteiger partial charge in [-0.3, -0.25) is 4.79 Å². The summed E-state index contributed by atoms with van der Waals surface area (Å²) in [7, 11) is 0. The Labute approximate surface area is 154 Å². The van der Waals surface area contributed by atoms with E-state index >= 15 is 0 Å². The number of ether oxygens (including phenoxy) is 1. The van der Waals surface area contributed by atoms with Gasteiger partial charge in [-0.15, -0.1) is 0 Å². The fourth-order valence-corrected chi connectivity index (χ4v) is 3.73. The minimum atomic E-state index is -0.197. The van der Waals surface area contributed by atoms with E-state index in [1.165, 1.54) is 16.9 Å². The summed E-state index contributed by atoms with van der Waals surface area (Å²) < 4.78 is 5.39. The standard InChI is InChI=1S/C21H25N3O2/c1-16(24-11-10-17-4-2-3-5-20(17)24)21(25)22-18-6-8-19(9-7-18)23-12-14-26-15-13-23/h2-9,16H,10-15H2,1H3,(H,22,25). The molecule has 1 N–H and O–H groups in total. The Morgan fingerprint density at radius 2 is 1.77 bits per heavy atom. The van der Waals surface area contributed by atoms with Crippen LogP contribution in [0.4, 0.5) is 17.1 Å². The number of rotatable bonds is 4. The van der Waals surface area contributed by atoms with Crippen LogP contribution in [0.5, 0.6) is 0 Å². The molecule has 0 radical (unpaired) electrons. The lowest BCUT2D eigenvalue weighted by molar-refractivity contribution is -0.117. The normalized spacial score (nSPS) is 17.7. The molecular weight excluding hydrogens is 326 g/mol. The highest BCUT2D eigenvalue weighted by atomic mass is 16.5. The SMILES string of the molecule is CC(C(=O)Nc1ccc(N2CCOCC2)cc1)N1CCc2ccccc21. The van der Waals surface area contributed by atoms with Crippen molar-refractivity contribution >= 4 is 23.0 Å². The predicted octanol–water partition coefficient (Wildman–Crippen LogP) is 2.91. The molecule has 2 aliphatic rings. The predicted molar refractivity (Wildman–Crippen MR) is 105 cm³/mol. The van der Waals surface area contributed by atoms with E-state index < -0.39 is 0 Å². The number of nitrogens with zero attached hydrogens (tertiary/aromatic N) is 2. The number of benzene rings is 2. The zero-order valence-electron chi connectivity index (χ0n) is 15.1. The summed E-state index contributed by atoms with van der Waals surface area (Å²) in [5.74, 6) is 0.0285. The fraction of sp³-hybridized carbons (Fsp3) is 0.381. The number of nitrogens with one attached hydrogen (secondary N) is 1. The number of amides is 1. The molecule has 5 heteroatoms. The van der Waals surface area contributed by atoms with Crippen molar-refractivity contribution in [1.29, 1.82) is 0 Å². The number of carbonyl (C=O) groups excluding carboxylic acids is 1. The second-order valence-electron chi connectivity index (χ2n) is 6.88. The van der Waals surface area contributed by atoms with Crippen LogP contribution in [0.3, 0.4) is 0 Å². The van der Waals surface area contributed by atoms with Gasteiger partial charge in [0.15, 0.2) is 0 Å². The number of anilines is 3. The van der Waals surface area contributed by atoms with Crippen LogP contribution in [-0.4, -0.2) is 44.8 Å². The van der Waals surface area contributed by atoms with E-state index in [2.05, 4.69) is 45.4 Å². The highest BCUT2D eigenvalue weighted by molar-refractivity contribution is 5.97. The summed E-state index contributed by atoms with van der Waals surface area (Å²) in [5, 5.41) is 3.06. The van der Waals surface area contributed by atoms with E-state index in [1.54, 1.807) is 0 Å². The number of para-hydroxylation sites is 1. The lowest BCUT2D eigenvalue weighted by atomic mass is 10.1. The number of morpholine rings is 1. The minimum absolute atomic E-state index is 0.0285. The summed E-state index contributed by atoms with van der Waals surface area (Å²) in [6.07, 6.45) is 1.00. The van der Waals surface area contributed by atoms with Crippen molar-refractivity contribution in [3.63, 3.8) is 0 Å². The lowest BCUT2D eigenvalue weighted by Crippen LogP contribution is -2.41. The average molecular weight is 351 g/mol. The molecular formula is C21H25N3O2. The van der Waals surface area contributed by atoms with Crippen LogP contribution >= 0.6 is 0 Å². The molecule has 2 aliphatic heterocycles. The maximum absolute atomic E-state index is 12.7. The first kappa shape index (κ1) is 16.9. The Morgan fingerprint density at radius 1 is 1.04 bits per heavy atom. The van der Waals surface area contributed by atoms with Gasteiger partial charge in [0.25, 0.3) is 0 Å². The summed E-state index contributed by atoms with van der Waals surface area (Å²) in [4.78, 5) is 17.2. The van der Waals surface area contributed by atoms with Crippen LogP contribution in [-0.2, 0) is 16.0 Å². The number of hydrogen-bond donors (Lipinski definition) is 1. The molecule has 5 nitrogen and oxygen atoms in total. The molecule has 0 bridgehead atoms. The van der Waals surface area contributed by atoms with Gasteiger partial charge in [0.05, 0.1) is 13.2 Å². The van der Waals surface area contributed by atoms with Gasteiger partial charge in [-0.05, 0) is 49.2 Å². The Morgan fingerprint density at radius 3 is 2.54 bits per heavy atom. The minimum Gasteiger partial charge on any atom is -0.378 e. The first-order valence-corrected chi connectivity index (χ1v) is 9.30. The molecule has 2 aromatic rings. The molecule has 0 spiro atoms. The summed E-state index contributed by atoms with van der Waals surface area (Å²) >= 11 is 0. The molecule has 0 aromatic heterocycles. The monoisotopic (exact) mass is 351 g/mol. The van der Waals surface area contributed by atoms with Gasteiger partial charge >= 0.3 is 0 Å². The molecule has 0 aliphatic carbocycles. The molecule has 2 heterocycles. The Bertz CT molecular complexity index is 769. The zero-order valence-corrected chi connectivity index (χ0v) is 15.1. The van der Waals surface area contributed by atoms with Crippen molar-refractivity contribution in [1.82, 2.24) is 0 Å². The maximum Gasteiger partial charge on any atom is 0.246 e. The summed E-state index contributed by atoms with van der Waals surface area (Å²) in [6.45, 7) is 6.23. The molecule has 26 heavy (non-hydrogen) atoms. The van der Waals surface area contributed by atoms with Crippen molar-refractivity contribution < 1.29 is 9.53 Å². The van der Waals surface area contributed by atoms with Gasteiger partial charge in [0, 0.05) is 36.7 Å². The average Bonchev–Trinajstić information content (AvgIpc) is 3.13. The van der Waals surface area contributed by atoms with Gasteiger partial charge in [-0.25, -0.2) is 0 Å². The molecule has 136 valence electrons. The Balaban J connectivity index is 1.40. The molecule has 1 saturated heterocycles. The molecule has 2 aromatic carbocycles. The first-order chi connectivity index (χ1) is 12.7. The molecule has 1 atom stereocenters. The van der Waals surface area contributed by atoms with Crippen LogP contribution in [0.2, 0.25) is 0 Å². The van der Waals surface area contributed by atoms with Crippen molar-refractivity contribution in [2.75, 3.05) is 48.0 Å². The van der Waals surface area contributed by atoms with E-state index in [1.807, 2.05) is 25.1 Å². The van der Waals surface area contributed by atoms with Crippen LogP contribution in [0.1, 0.15) is 12.5 Å². The van der Waals surface area contributed by atoms with Crippen LogP contribution in [0.25, 0.3) is 0 Å². The summed E-state index contributed by atoms with van der Waals surface area (Å²) in [5.41, 5.74) is 4.51. The highest BCUT2D eigenvalue weighted by Crippen LogP contribution is 2.29. The second-order valence-corrected chi connectivity index (χ2v) is 6.88. The molecule has 4 rings (SSSR count). The quantitative estimate of drug-likeness (QED) is 0.920. The van der Waals surface area contributed by atoms with Gasteiger partial charge in [0.1, 0.15) is 6.04 Å². The van der Waals surface area contributed by atoms with Crippen molar-refractivity contribution in [3.8, 4) is 0 Å². The first-order valence-electron chi connectivity index (χ1n) is 9.30. The molecule has 1 unspecified atom stereocenters. The van der Waals surface area contributed by atoms with E-state index in [4.69, 9.17) is 4.74 Å².